The van der Waals surface area contributed by atoms with Gasteiger partial charge in [0, 0.05) is 24.0 Å². The number of amides is 1. The summed E-state index contributed by atoms with van der Waals surface area (Å²) in [4.78, 5) is 23.3. The lowest BCUT2D eigenvalue weighted by Gasteiger charge is -2.29. The van der Waals surface area contributed by atoms with Gasteiger partial charge in [0.1, 0.15) is 0 Å². The van der Waals surface area contributed by atoms with Gasteiger partial charge in [0.2, 0.25) is 11.1 Å². The minimum absolute atomic E-state index is 0.0545. The van der Waals surface area contributed by atoms with Crippen LogP contribution in [0.4, 0.5) is 0 Å². The molecule has 3 rings (SSSR count). The minimum Gasteiger partial charge on any atom is -0.338 e. The molecule has 8 nitrogen and oxygen atoms in total. The van der Waals surface area contributed by atoms with Gasteiger partial charge in [-0.1, -0.05) is 11.8 Å². The van der Waals surface area contributed by atoms with Gasteiger partial charge in [-0.15, -0.1) is 5.10 Å². The van der Waals surface area contributed by atoms with Gasteiger partial charge in [-0.3, -0.25) is 4.79 Å². The number of carbonyl (C=O) groups excluding carboxylic acids is 1. The van der Waals surface area contributed by atoms with Gasteiger partial charge in [-0.05, 0) is 40.2 Å². The number of hydrogen-bond donors (Lipinski definition) is 0. The molecule has 10 heteroatoms. The number of aromatic nitrogens is 4. The molecule has 0 aromatic carbocycles. The van der Waals surface area contributed by atoms with E-state index in [-0.39, 0.29) is 23.5 Å². The van der Waals surface area contributed by atoms with Crippen molar-refractivity contribution in [3.05, 3.63) is 17.5 Å². The molecule has 0 bridgehead atoms. The molecular weight excluding hydrogens is 374 g/mol. The highest BCUT2D eigenvalue weighted by molar-refractivity contribution is 8.00. The summed E-state index contributed by atoms with van der Waals surface area (Å²) < 4.78 is 25.1. The lowest BCUT2D eigenvalue weighted by Crippen LogP contribution is -2.44. The van der Waals surface area contributed by atoms with Crippen molar-refractivity contribution in [3.63, 3.8) is 0 Å². The fourth-order valence-electron chi connectivity index (χ4n) is 3.26. The maximum Gasteiger partial charge on any atom is 0.253 e. The molecule has 1 amide bonds. The quantitative estimate of drug-likeness (QED) is 0.701. The first-order chi connectivity index (χ1) is 12.2. The number of carbonyl (C=O) groups is 1. The van der Waals surface area contributed by atoms with Gasteiger partial charge in [0.15, 0.2) is 9.84 Å². The fourth-order valence-corrected chi connectivity index (χ4v) is 5.80. The van der Waals surface area contributed by atoms with Crippen LogP contribution in [0.15, 0.2) is 11.2 Å². The summed E-state index contributed by atoms with van der Waals surface area (Å²) in [5.74, 6) is 0.637. The minimum atomic E-state index is -3.03. The summed E-state index contributed by atoms with van der Waals surface area (Å²) >= 11 is 1.27. The zero-order chi connectivity index (χ0) is 19.1. The van der Waals surface area contributed by atoms with Crippen LogP contribution in [0.5, 0.6) is 0 Å². The number of fused-ring (bicyclic) bond motifs is 1. The molecule has 2 aromatic heterocycles. The molecule has 2 atom stereocenters. The lowest BCUT2D eigenvalue weighted by atomic mass is 10.2. The van der Waals surface area contributed by atoms with Gasteiger partial charge in [0.25, 0.3) is 5.78 Å². The molecule has 2 unspecified atom stereocenters. The number of aryl methyl sites for hydroxylation is 2. The normalized spacial score (nSPS) is 20.4. The third-order valence-electron chi connectivity index (χ3n) is 4.50. The predicted octanol–water partition coefficient (Wildman–Crippen LogP) is 1.26. The lowest BCUT2D eigenvalue weighted by molar-refractivity contribution is -0.131. The van der Waals surface area contributed by atoms with Crippen LogP contribution in [0.2, 0.25) is 0 Å². The molecule has 0 spiro atoms. The molecular formula is C16H23N5O3S2. The first-order valence-corrected chi connectivity index (χ1v) is 11.3. The number of sulfone groups is 1. The highest BCUT2D eigenvalue weighted by Gasteiger charge is 2.35. The summed E-state index contributed by atoms with van der Waals surface area (Å²) in [6, 6.07) is 1.69. The average Bonchev–Trinajstić information content (AvgIpc) is 3.10. The molecule has 26 heavy (non-hydrogen) atoms. The second-order valence-electron chi connectivity index (χ2n) is 6.59. The highest BCUT2D eigenvalue weighted by atomic mass is 32.2. The van der Waals surface area contributed by atoms with Crippen LogP contribution < -0.4 is 0 Å². The number of hydrogen-bond acceptors (Lipinski definition) is 7. The Kier molecular flexibility index (Phi) is 5.25. The van der Waals surface area contributed by atoms with Gasteiger partial charge >= 0.3 is 0 Å². The standard InChI is InChI=1S/C16H23N5O3S2/c1-5-20(13-6-7-26(23,24)9-13)14(22)12(4)25-16-18-15-17-10(2)8-11(3)21(15)19-16/h8,12-13H,5-7,9H2,1-4H3. The van der Waals surface area contributed by atoms with Gasteiger partial charge in [-0.2, -0.15) is 4.98 Å². The summed E-state index contributed by atoms with van der Waals surface area (Å²) in [6.07, 6.45) is 0.508. The van der Waals surface area contributed by atoms with Crippen molar-refractivity contribution >= 4 is 33.3 Å². The predicted molar refractivity (Wildman–Crippen MR) is 100 cm³/mol. The maximum absolute atomic E-state index is 12.8. The van der Waals surface area contributed by atoms with Crippen molar-refractivity contribution in [3.8, 4) is 0 Å². The van der Waals surface area contributed by atoms with E-state index < -0.39 is 15.1 Å². The average molecular weight is 398 g/mol. The van der Waals surface area contributed by atoms with E-state index in [1.807, 2.05) is 26.8 Å². The summed E-state index contributed by atoms with van der Waals surface area (Å²) in [6.45, 7) is 7.99. The molecule has 1 aliphatic heterocycles. The van der Waals surface area contributed by atoms with Gasteiger partial charge in [-0.25, -0.2) is 17.9 Å². The van der Waals surface area contributed by atoms with Crippen molar-refractivity contribution in [2.24, 2.45) is 0 Å². The van der Waals surface area contributed by atoms with E-state index >= 15 is 0 Å². The van der Waals surface area contributed by atoms with Crippen molar-refractivity contribution in [2.75, 3.05) is 18.1 Å². The Bertz CT molecular complexity index is 941. The Morgan fingerprint density at radius 2 is 2.15 bits per heavy atom. The van der Waals surface area contributed by atoms with E-state index in [0.29, 0.717) is 23.9 Å². The van der Waals surface area contributed by atoms with Crippen molar-refractivity contribution < 1.29 is 13.2 Å². The van der Waals surface area contributed by atoms with E-state index in [0.717, 1.165) is 11.4 Å². The van der Waals surface area contributed by atoms with Gasteiger partial charge in [0.05, 0.1) is 16.8 Å². The Morgan fingerprint density at radius 1 is 1.42 bits per heavy atom. The zero-order valence-corrected chi connectivity index (χ0v) is 17.0. The molecule has 0 saturated carbocycles. The van der Waals surface area contributed by atoms with Crippen LogP contribution in [-0.4, -0.2) is 68.1 Å². The fraction of sp³-hybridized carbons (Fsp3) is 0.625. The van der Waals surface area contributed by atoms with Gasteiger partial charge < -0.3 is 4.90 Å². The largest absolute Gasteiger partial charge is 0.338 e. The SMILES string of the molecule is CCN(C(=O)C(C)Sc1nc2nc(C)cc(C)n2n1)C1CCS(=O)(=O)C1. The van der Waals surface area contributed by atoms with Crippen molar-refractivity contribution in [1.29, 1.82) is 0 Å². The van der Waals surface area contributed by atoms with E-state index in [1.165, 1.54) is 11.8 Å². The first-order valence-electron chi connectivity index (χ1n) is 8.58. The van der Waals surface area contributed by atoms with Crippen molar-refractivity contribution in [1.82, 2.24) is 24.5 Å². The second-order valence-corrected chi connectivity index (χ2v) is 10.1. The molecule has 142 valence electrons. The topological polar surface area (TPSA) is 97.5 Å². The summed E-state index contributed by atoms with van der Waals surface area (Å²) in [5.41, 5.74) is 1.79. The molecule has 1 fully saturated rings. The first kappa shape index (κ1) is 19.1. The maximum atomic E-state index is 12.8. The van der Waals surface area contributed by atoms with Crippen LogP contribution in [0.3, 0.4) is 0 Å². The third-order valence-corrected chi connectivity index (χ3v) is 7.19. The Hall–Kier alpha value is -1.68. The smallest absolute Gasteiger partial charge is 0.253 e. The van der Waals surface area contributed by atoms with Crippen LogP contribution in [0, 0.1) is 13.8 Å². The Labute approximate surface area is 157 Å². The van der Waals surface area contributed by atoms with E-state index in [2.05, 4.69) is 15.1 Å². The van der Waals surface area contributed by atoms with Crippen LogP contribution >= 0.6 is 11.8 Å². The van der Waals surface area contributed by atoms with Crippen LogP contribution in [0.25, 0.3) is 5.78 Å². The highest BCUT2D eigenvalue weighted by Crippen LogP contribution is 2.25. The summed E-state index contributed by atoms with van der Waals surface area (Å²) in [5, 5.41) is 4.50. The molecule has 1 aliphatic rings. The van der Waals surface area contributed by atoms with E-state index in [9.17, 15) is 13.2 Å². The number of rotatable bonds is 5. The van der Waals surface area contributed by atoms with Crippen molar-refractivity contribution in [2.45, 2.75) is 50.6 Å². The molecule has 0 aliphatic carbocycles. The Balaban J connectivity index is 1.75. The van der Waals surface area contributed by atoms with Crippen LogP contribution in [-0.2, 0) is 14.6 Å². The second kappa shape index (κ2) is 7.15. The zero-order valence-electron chi connectivity index (χ0n) is 15.3. The van der Waals surface area contributed by atoms with Crippen LogP contribution in [0.1, 0.15) is 31.7 Å². The molecule has 0 radical (unpaired) electrons. The number of nitrogens with zero attached hydrogens (tertiary/aromatic N) is 5. The van der Waals surface area contributed by atoms with E-state index in [1.54, 1.807) is 16.3 Å². The molecule has 2 aromatic rings. The molecule has 3 heterocycles. The Morgan fingerprint density at radius 3 is 2.77 bits per heavy atom. The molecule has 0 N–H and O–H groups in total. The molecule has 1 saturated heterocycles. The monoisotopic (exact) mass is 397 g/mol. The number of thioether (sulfide) groups is 1. The third kappa shape index (κ3) is 3.85. The summed E-state index contributed by atoms with van der Waals surface area (Å²) in [7, 11) is -3.03. The van der Waals surface area contributed by atoms with E-state index in [4.69, 9.17) is 0 Å².